The molecule has 0 fully saturated rings. The molecule has 0 N–H and O–H groups in total. The van der Waals surface area contributed by atoms with Crippen molar-refractivity contribution < 1.29 is 4.39 Å². The molecular formula is C16H12ClFN2. The van der Waals surface area contributed by atoms with Gasteiger partial charge in [0.1, 0.15) is 16.5 Å². The summed E-state index contributed by atoms with van der Waals surface area (Å²) in [6.07, 6.45) is 0. The summed E-state index contributed by atoms with van der Waals surface area (Å²) in [6, 6.07) is 10.7. The summed E-state index contributed by atoms with van der Waals surface area (Å²) in [4.78, 5) is 8.60. The number of aromatic nitrogens is 2. The Hall–Kier alpha value is -2.00. The second kappa shape index (κ2) is 4.84. The molecular weight excluding hydrogens is 275 g/mol. The second-order valence-electron chi connectivity index (χ2n) is 4.85. The van der Waals surface area contributed by atoms with E-state index in [1.807, 2.05) is 26.0 Å². The number of hydrogen-bond donors (Lipinski definition) is 0. The standard InChI is InChI=1S/C16H12ClFN2/c1-9-6-10(2)8-11(7-9)16-19-14-12(15(17)20-16)4-3-5-13(14)18/h3-8H,1-2H3. The summed E-state index contributed by atoms with van der Waals surface area (Å²) in [7, 11) is 0. The molecule has 0 saturated carbocycles. The SMILES string of the molecule is Cc1cc(C)cc(-c2nc(Cl)c3cccc(F)c3n2)c1. The molecule has 0 aliphatic rings. The molecule has 0 amide bonds. The Morgan fingerprint density at radius 3 is 2.40 bits per heavy atom. The highest BCUT2D eigenvalue weighted by Crippen LogP contribution is 2.27. The van der Waals surface area contributed by atoms with Crippen molar-refractivity contribution in [3.63, 3.8) is 0 Å². The number of fused-ring (bicyclic) bond motifs is 1. The summed E-state index contributed by atoms with van der Waals surface area (Å²) in [6.45, 7) is 4.00. The van der Waals surface area contributed by atoms with Gasteiger partial charge in [0.15, 0.2) is 5.82 Å². The van der Waals surface area contributed by atoms with Crippen LogP contribution in [-0.2, 0) is 0 Å². The highest BCUT2D eigenvalue weighted by molar-refractivity contribution is 6.34. The molecule has 0 atom stereocenters. The van der Waals surface area contributed by atoms with Gasteiger partial charge in [-0.15, -0.1) is 0 Å². The lowest BCUT2D eigenvalue weighted by atomic mass is 10.1. The Bertz CT molecular complexity index is 795. The fourth-order valence-electron chi connectivity index (χ4n) is 2.31. The molecule has 0 saturated heterocycles. The first-order valence-corrected chi connectivity index (χ1v) is 6.63. The predicted molar refractivity (Wildman–Crippen MR) is 79.4 cm³/mol. The molecule has 1 heterocycles. The number of aryl methyl sites for hydroxylation is 2. The van der Waals surface area contributed by atoms with E-state index in [4.69, 9.17) is 11.6 Å². The van der Waals surface area contributed by atoms with Crippen LogP contribution in [0.2, 0.25) is 5.15 Å². The largest absolute Gasteiger partial charge is 0.225 e. The van der Waals surface area contributed by atoms with Gasteiger partial charge in [-0.3, -0.25) is 0 Å². The second-order valence-corrected chi connectivity index (χ2v) is 5.21. The van der Waals surface area contributed by atoms with Gasteiger partial charge in [0.2, 0.25) is 0 Å². The third-order valence-electron chi connectivity index (χ3n) is 3.11. The van der Waals surface area contributed by atoms with Gasteiger partial charge in [0, 0.05) is 10.9 Å². The summed E-state index contributed by atoms with van der Waals surface area (Å²) < 4.78 is 13.9. The Labute approximate surface area is 121 Å². The van der Waals surface area contributed by atoms with E-state index < -0.39 is 5.82 Å². The van der Waals surface area contributed by atoms with Gasteiger partial charge in [-0.1, -0.05) is 34.9 Å². The van der Waals surface area contributed by atoms with Gasteiger partial charge in [0.25, 0.3) is 0 Å². The number of hydrogen-bond acceptors (Lipinski definition) is 2. The number of para-hydroxylation sites is 1. The number of rotatable bonds is 1. The lowest BCUT2D eigenvalue weighted by molar-refractivity contribution is 0.636. The summed E-state index contributed by atoms with van der Waals surface area (Å²) in [5.74, 6) is 0.0526. The molecule has 3 rings (SSSR count). The van der Waals surface area contributed by atoms with E-state index in [2.05, 4.69) is 16.0 Å². The van der Waals surface area contributed by atoms with Crippen molar-refractivity contribution in [3.05, 3.63) is 58.5 Å². The van der Waals surface area contributed by atoms with Crippen molar-refractivity contribution in [3.8, 4) is 11.4 Å². The van der Waals surface area contributed by atoms with E-state index in [0.29, 0.717) is 11.2 Å². The molecule has 20 heavy (non-hydrogen) atoms. The van der Waals surface area contributed by atoms with E-state index in [9.17, 15) is 4.39 Å². The Morgan fingerprint density at radius 1 is 1.00 bits per heavy atom. The van der Waals surface area contributed by atoms with E-state index in [0.717, 1.165) is 16.7 Å². The zero-order chi connectivity index (χ0) is 14.3. The van der Waals surface area contributed by atoms with Crippen molar-refractivity contribution in [2.45, 2.75) is 13.8 Å². The van der Waals surface area contributed by atoms with Crippen LogP contribution in [0, 0.1) is 19.7 Å². The Balaban J connectivity index is 2.29. The number of nitrogens with zero attached hydrogens (tertiary/aromatic N) is 2. The molecule has 3 aromatic rings. The van der Waals surface area contributed by atoms with Crippen LogP contribution >= 0.6 is 11.6 Å². The number of halogens is 2. The highest BCUT2D eigenvalue weighted by Gasteiger charge is 2.11. The fourth-order valence-corrected chi connectivity index (χ4v) is 2.54. The average molecular weight is 287 g/mol. The molecule has 0 bridgehead atoms. The molecule has 2 nitrogen and oxygen atoms in total. The lowest BCUT2D eigenvalue weighted by Crippen LogP contribution is -1.95. The normalized spacial score (nSPS) is 11.0. The molecule has 0 aliphatic heterocycles. The molecule has 0 aliphatic carbocycles. The molecule has 1 aromatic heterocycles. The van der Waals surface area contributed by atoms with Crippen LogP contribution in [0.25, 0.3) is 22.3 Å². The maximum atomic E-state index is 13.9. The monoisotopic (exact) mass is 286 g/mol. The van der Waals surface area contributed by atoms with Crippen LogP contribution in [-0.4, -0.2) is 9.97 Å². The zero-order valence-corrected chi connectivity index (χ0v) is 11.9. The van der Waals surface area contributed by atoms with Crippen molar-refractivity contribution in [2.75, 3.05) is 0 Å². The first kappa shape index (κ1) is 13.0. The van der Waals surface area contributed by atoms with Crippen LogP contribution in [0.15, 0.2) is 36.4 Å². The molecule has 100 valence electrons. The van der Waals surface area contributed by atoms with Crippen LogP contribution in [0.3, 0.4) is 0 Å². The lowest BCUT2D eigenvalue weighted by Gasteiger charge is -2.07. The molecule has 0 unspecified atom stereocenters. The first-order valence-electron chi connectivity index (χ1n) is 6.25. The fraction of sp³-hybridized carbons (Fsp3) is 0.125. The van der Waals surface area contributed by atoms with E-state index in [1.54, 1.807) is 12.1 Å². The molecule has 4 heteroatoms. The van der Waals surface area contributed by atoms with Crippen LogP contribution in [0.1, 0.15) is 11.1 Å². The zero-order valence-electron chi connectivity index (χ0n) is 11.1. The topological polar surface area (TPSA) is 25.8 Å². The van der Waals surface area contributed by atoms with Gasteiger partial charge >= 0.3 is 0 Å². The highest BCUT2D eigenvalue weighted by atomic mass is 35.5. The van der Waals surface area contributed by atoms with Gasteiger partial charge in [-0.05, 0) is 38.1 Å². The quantitative estimate of drug-likeness (QED) is 0.606. The summed E-state index contributed by atoms with van der Waals surface area (Å²) in [5, 5.41) is 0.795. The maximum absolute atomic E-state index is 13.9. The van der Waals surface area contributed by atoms with Crippen molar-refractivity contribution in [1.29, 1.82) is 0 Å². The predicted octanol–water partition coefficient (Wildman–Crippen LogP) is 4.71. The third-order valence-corrected chi connectivity index (χ3v) is 3.40. The van der Waals surface area contributed by atoms with Crippen LogP contribution in [0.4, 0.5) is 4.39 Å². The smallest absolute Gasteiger partial charge is 0.161 e. The van der Waals surface area contributed by atoms with Gasteiger partial charge in [-0.2, -0.15) is 0 Å². The van der Waals surface area contributed by atoms with E-state index in [-0.39, 0.29) is 10.7 Å². The van der Waals surface area contributed by atoms with Crippen molar-refractivity contribution >= 4 is 22.5 Å². The molecule has 0 radical (unpaired) electrons. The first-order chi connectivity index (χ1) is 9.54. The van der Waals surface area contributed by atoms with Crippen LogP contribution in [0.5, 0.6) is 0 Å². The van der Waals surface area contributed by atoms with Crippen molar-refractivity contribution in [2.24, 2.45) is 0 Å². The summed E-state index contributed by atoms with van der Waals surface area (Å²) >= 11 is 6.15. The summed E-state index contributed by atoms with van der Waals surface area (Å²) in [5.41, 5.74) is 3.30. The maximum Gasteiger partial charge on any atom is 0.161 e. The minimum Gasteiger partial charge on any atom is -0.225 e. The number of benzene rings is 2. The van der Waals surface area contributed by atoms with Crippen molar-refractivity contribution in [1.82, 2.24) is 9.97 Å². The average Bonchev–Trinajstić information content (AvgIpc) is 2.38. The molecule has 0 spiro atoms. The van der Waals surface area contributed by atoms with Gasteiger partial charge < -0.3 is 0 Å². The minimum atomic E-state index is -0.391. The van der Waals surface area contributed by atoms with Crippen LogP contribution < -0.4 is 0 Å². The van der Waals surface area contributed by atoms with Gasteiger partial charge in [0.05, 0.1) is 0 Å². The molecule has 2 aromatic carbocycles. The van der Waals surface area contributed by atoms with Gasteiger partial charge in [-0.25, -0.2) is 14.4 Å². The minimum absolute atomic E-state index is 0.252. The van der Waals surface area contributed by atoms with E-state index >= 15 is 0 Å². The Morgan fingerprint density at radius 2 is 1.70 bits per heavy atom. The Kier molecular flexibility index (Phi) is 3.14. The van der Waals surface area contributed by atoms with E-state index in [1.165, 1.54) is 6.07 Å². The third kappa shape index (κ3) is 2.25.